The van der Waals surface area contributed by atoms with Gasteiger partial charge in [-0.15, -0.1) is 10.2 Å². The van der Waals surface area contributed by atoms with Gasteiger partial charge in [-0.05, 0) is 42.5 Å². The maximum absolute atomic E-state index is 12.9. The number of anilines is 1. The molecule has 0 fully saturated rings. The number of carbonyl (C=O) groups is 1. The van der Waals surface area contributed by atoms with E-state index in [0.29, 0.717) is 0 Å². The molecule has 0 aliphatic carbocycles. The molecule has 0 bridgehead atoms. The average molecular weight is 467 g/mol. The van der Waals surface area contributed by atoms with E-state index >= 15 is 0 Å². The first kappa shape index (κ1) is 23.0. The van der Waals surface area contributed by atoms with E-state index < -0.39 is 0 Å². The third-order valence-electron chi connectivity index (χ3n) is 6.47. The Hall–Kier alpha value is -3.77. The number of ether oxygens (including phenoxy) is 1. The van der Waals surface area contributed by atoms with E-state index in [1.54, 1.807) is 0 Å². The molecular formula is C29H30N4O2. The molecular weight excluding hydrogens is 436 g/mol. The van der Waals surface area contributed by atoms with E-state index in [4.69, 9.17) is 4.74 Å². The molecule has 0 atom stereocenters. The number of nitrogens with one attached hydrogen (secondary N) is 1. The zero-order valence-corrected chi connectivity index (χ0v) is 20.0. The molecule has 0 saturated carbocycles. The van der Waals surface area contributed by atoms with Crippen molar-refractivity contribution in [2.45, 2.75) is 45.3 Å². The second-order valence-corrected chi connectivity index (χ2v) is 8.99. The van der Waals surface area contributed by atoms with Crippen LogP contribution < -0.4 is 5.32 Å². The molecule has 178 valence electrons. The van der Waals surface area contributed by atoms with Gasteiger partial charge in [-0.2, -0.15) is 0 Å². The summed E-state index contributed by atoms with van der Waals surface area (Å²) in [6, 6.07) is 26.0. The monoisotopic (exact) mass is 466 g/mol. The Labute approximate surface area is 206 Å². The number of fused-ring (bicyclic) bond motifs is 1. The van der Waals surface area contributed by atoms with Gasteiger partial charge in [-0.1, -0.05) is 79.2 Å². The molecule has 1 aromatic heterocycles. The number of hydrogen-bond acceptors (Lipinski definition) is 4. The molecule has 4 aromatic rings. The molecule has 0 saturated heterocycles. The predicted molar refractivity (Wildman–Crippen MR) is 137 cm³/mol. The number of nitrogens with zero attached hydrogens (tertiary/aromatic N) is 3. The molecule has 6 nitrogen and oxygen atoms in total. The summed E-state index contributed by atoms with van der Waals surface area (Å²) in [7, 11) is 0. The van der Waals surface area contributed by atoms with E-state index in [1.807, 2.05) is 85.8 Å². The van der Waals surface area contributed by atoms with Crippen LogP contribution in [0.25, 0.3) is 11.4 Å². The third-order valence-corrected chi connectivity index (χ3v) is 6.47. The van der Waals surface area contributed by atoms with E-state index in [-0.39, 0.29) is 18.6 Å². The van der Waals surface area contributed by atoms with Gasteiger partial charge in [-0.25, -0.2) is 0 Å². The van der Waals surface area contributed by atoms with Crippen molar-refractivity contribution >= 4 is 11.6 Å². The normalized spacial score (nSPS) is 13.3. The largest absolute Gasteiger partial charge is 0.359 e. The lowest BCUT2D eigenvalue weighted by Crippen LogP contribution is -2.21. The molecule has 6 heteroatoms. The van der Waals surface area contributed by atoms with Gasteiger partial charge in [0.1, 0.15) is 18.5 Å². The smallest absolute Gasteiger partial charge is 0.250 e. The Morgan fingerprint density at radius 1 is 0.943 bits per heavy atom. The molecule has 1 amide bonds. The van der Waals surface area contributed by atoms with Crippen LogP contribution in [0.5, 0.6) is 0 Å². The lowest BCUT2D eigenvalue weighted by molar-refractivity contribution is -0.121. The summed E-state index contributed by atoms with van der Waals surface area (Å²) in [5, 5.41) is 11.9. The summed E-state index contributed by atoms with van der Waals surface area (Å²) in [5.74, 6) is 1.72. The van der Waals surface area contributed by atoms with Gasteiger partial charge in [0.15, 0.2) is 5.82 Å². The summed E-state index contributed by atoms with van der Waals surface area (Å²) < 4.78 is 8.36. The van der Waals surface area contributed by atoms with E-state index in [0.717, 1.165) is 65.4 Å². The van der Waals surface area contributed by atoms with Crippen molar-refractivity contribution in [3.05, 3.63) is 101 Å². The van der Waals surface area contributed by atoms with Crippen molar-refractivity contribution in [1.82, 2.24) is 14.8 Å². The fourth-order valence-electron chi connectivity index (χ4n) is 4.58. The number of benzene rings is 3. The number of aromatic nitrogens is 3. The average Bonchev–Trinajstić information content (AvgIpc) is 3.14. The Kier molecular flexibility index (Phi) is 7.00. The quantitative estimate of drug-likeness (QED) is 0.378. The molecule has 0 unspecified atom stereocenters. The van der Waals surface area contributed by atoms with E-state index in [9.17, 15) is 4.79 Å². The Balaban J connectivity index is 1.31. The Morgan fingerprint density at radius 2 is 1.66 bits per heavy atom. The van der Waals surface area contributed by atoms with Gasteiger partial charge < -0.3 is 14.6 Å². The number of carbonyl (C=O) groups excluding carboxylic acids is 1. The van der Waals surface area contributed by atoms with Crippen LogP contribution >= 0.6 is 0 Å². The predicted octanol–water partition coefficient (Wildman–Crippen LogP) is 5.72. The number of aryl methyl sites for hydroxylation is 2. The topological polar surface area (TPSA) is 69.0 Å². The highest BCUT2D eigenvalue weighted by atomic mass is 16.5. The summed E-state index contributed by atoms with van der Waals surface area (Å²) in [4.78, 5) is 12.9. The van der Waals surface area contributed by atoms with Gasteiger partial charge in [0.2, 0.25) is 5.91 Å². The summed E-state index contributed by atoms with van der Waals surface area (Å²) >= 11 is 0. The number of amides is 1. The zero-order chi connectivity index (χ0) is 24.0. The molecule has 1 aliphatic rings. The van der Waals surface area contributed by atoms with Crippen LogP contribution in [-0.4, -0.2) is 27.3 Å². The Morgan fingerprint density at radius 3 is 2.37 bits per heavy atom. The minimum absolute atomic E-state index is 0.0571. The highest BCUT2D eigenvalue weighted by Crippen LogP contribution is 2.28. The van der Waals surface area contributed by atoms with Crippen LogP contribution in [0.1, 0.15) is 47.9 Å². The maximum atomic E-state index is 12.9. The lowest BCUT2D eigenvalue weighted by Gasteiger charge is -2.19. The standard InChI is InChI=1S/C29H30N4O2/c1-21-16-17-24(29-32-31-26-15-9-4-10-18-33(26)29)19-25(21)30-27(34)20-35-28(22-11-5-2-6-12-22)23-13-7-3-8-14-23/h2-3,5-8,11-14,16-17,19,28H,4,9-10,15,18,20H2,1H3,(H,30,34). The molecule has 5 rings (SSSR count). The highest BCUT2D eigenvalue weighted by molar-refractivity contribution is 5.93. The van der Waals surface area contributed by atoms with Crippen LogP contribution in [0.15, 0.2) is 78.9 Å². The number of hydrogen-bond donors (Lipinski definition) is 1. The van der Waals surface area contributed by atoms with E-state index in [1.165, 1.54) is 6.42 Å². The van der Waals surface area contributed by atoms with Gasteiger partial charge in [0.05, 0.1) is 0 Å². The van der Waals surface area contributed by atoms with Crippen LogP contribution in [0.3, 0.4) is 0 Å². The summed E-state index contributed by atoms with van der Waals surface area (Å²) in [6.45, 7) is 2.86. The molecule has 3 aromatic carbocycles. The summed E-state index contributed by atoms with van der Waals surface area (Å²) in [6.07, 6.45) is 4.14. The second kappa shape index (κ2) is 10.7. The molecule has 1 aliphatic heterocycles. The lowest BCUT2D eigenvalue weighted by atomic mass is 10.0. The number of rotatable bonds is 7. The van der Waals surface area contributed by atoms with Gasteiger partial charge in [0, 0.05) is 24.2 Å². The fourth-order valence-corrected chi connectivity index (χ4v) is 4.58. The minimum Gasteiger partial charge on any atom is -0.359 e. The van der Waals surface area contributed by atoms with Crippen molar-refractivity contribution in [3.63, 3.8) is 0 Å². The van der Waals surface area contributed by atoms with Crippen molar-refractivity contribution in [2.75, 3.05) is 11.9 Å². The van der Waals surface area contributed by atoms with Crippen molar-refractivity contribution in [1.29, 1.82) is 0 Å². The van der Waals surface area contributed by atoms with Gasteiger partial charge in [0.25, 0.3) is 0 Å². The Bertz CT molecular complexity index is 1250. The fraction of sp³-hybridized carbons (Fsp3) is 0.276. The molecule has 0 spiro atoms. The molecule has 1 N–H and O–H groups in total. The van der Waals surface area contributed by atoms with Crippen LogP contribution in [-0.2, 0) is 22.5 Å². The van der Waals surface area contributed by atoms with Gasteiger partial charge >= 0.3 is 0 Å². The maximum Gasteiger partial charge on any atom is 0.250 e. The van der Waals surface area contributed by atoms with Crippen molar-refractivity contribution in [3.8, 4) is 11.4 Å². The van der Waals surface area contributed by atoms with Crippen LogP contribution in [0.2, 0.25) is 0 Å². The summed E-state index contributed by atoms with van der Waals surface area (Å²) in [5.41, 5.74) is 4.73. The van der Waals surface area contributed by atoms with Crippen LogP contribution in [0.4, 0.5) is 5.69 Å². The van der Waals surface area contributed by atoms with Crippen molar-refractivity contribution < 1.29 is 9.53 Å². The first-order chi connectivity index (χ1) is 17.2. The van der Waals surface area contributed by atoms with E-state index in [2.05, 4.69) is 20.1 Å². The SMILES string of the molecule is Cc1ccc(-c2nnc3n2CCCCC3)cc1NC(=O)COC(c1ccccc1)c1ccccc1. The molecule has 35 heavy (non-hydrogen) atoms. The first-order valence-electron chi connectivity index (χ1n) is 12.2. The molecule has 2 heterocycles. The third kappa shape index (κ3) is 5.33. The zero-order valence-electron chi connectivity index (χ0n) is 20.0. The van der Waals surface area contributed by atoms with Crippen molar-refractivity contribution in [2.24, 2.45) is 0 Å². The highest BCUT2D eigenvalue weighted by Gasteiger charge is 2.19. The minimum atomic E-state index is -0.318. The first-order valence-corrected chi connectivity index (χ1v) is 12.2. The van der Waals surface area contributed by atoms with Crippen LogP contribution in [0, 0.1) is 6.92 Å². The van der Waals surface area contributed by atoms with Gasteiger partial charge in [-0.3, -0.25) is 4.79 Å². The second-order valence-electron chi connectivity index (χ2n) is 8.99. The molecule has 0 radical (unpaired) electrons.